The summed E-state index contributed by atoms with van der Waals surface area (Å²) in [6.07, 6.45) is 0.660. The van der Waals surface area contributed by atoms with E-state index in [-0.39, 0.29) is 23.3 Å². The van der Waals surface area contributed by atoms with E-state index < -0.39 is 11.9 Å². The third-order valence-electron chi connectivity index (χ3n) is 3.28. The number of amides is 2. The van der Waals surface area contributed by atoms with E-state index in [1.807, 2.05) is 6.92 Å². The second-order valence-corrected chi connectivity index (χ2v) is 6.63. The predicted octanol–water partition coefficient (Wildman–Crippen LogP) is 2.05. The maximum atomic E-state index is 12.2. The van der Waals surface area contributed by atoms with Gasteiger partial charge in [-0.25, -0.2) is 4.79 Å². The molecule has 6 nitrogen and oxygen atoms in total. The number of benzene rings is 1. The summed E-state index contributed by atoms with van der Waals surface area (Å²) < 4.78 is 5.08. The SMILES string of the molecule is CCC1SC(=S)N(CC(=O)Nc2ccccc2C(=O)OC)C1=O. The molecule has 0 spiro atoms. The van der Waals surface area contributed by atoms with Gasteiger partial charge in [0.25, 0.3) is 0 Å². The summed E-state index contributed by atoms with van der Waals surface area (Å²) in [5, 5.41) is 2.40. The number of hydrogen-bond donors (Lipinski definition) is 1. The topological polar surface area (TPSA) is 75.7 Å². The number of thiocarbonyl (C=S) groups is 1. The van der Waals surface area contributed by atoms with Gasteiger partial charge in [0, 0.05) is 0 Å². The Bertz CT molecular complexity index is 663. The lowest BCUT2D eigenvalue weighted by Gasteiger charge is -2.16. The number of esters is 1. The van der Waals surface area contributed by atoms with Crippen LogP contribution in [0.25, 0.3) is 0 Å². The van der Waals surface area contributed by atoms with Gasteiger partial charge in [0.1, 0.15) is 10.9 Å². The van der Waals surface area contributed by atoms with E-state index in [0.717, 1.165) is 0 Å². The van der Waals surface area contributed by atoms with Crippen LogP contribution in [0.15, 0.2) is 24.3 Å². The predicted molar refractivity (Wildman–Crippen MR) is 92.4 cm³/mol. The Morgan fingerprint density at radius 1 is 1.39 bits per heavy atom. The number of thioether (sulfide) groups is 1. The molecule has 0 aliphatic carbocycles. The Labute approximate surface area is 143 Å². The summed E-state index contributed by atoms with van der Waals surface area (Å²) >= 11 is 6.44. The van der Waals surface area contributed by atoms with Crippen LogP contribution >= 0.6 is 24.0 Å². The minimum Gasteiger partial charge on any atom is -0.465 e. The number of nitrogens with one attached hydrogen (secondary N) is 1. The minimum atomic E-state index is -0.546. The fourth-order valence-electron chi connectivity index (χ4n) is 2.11. The summed E-state index contributed by atoms with van der Waals surface area (Å²) in [6, 6.07) is 6.51. The highest BCUT2D eigenvalue weighted by Crippen LogP contribution is 2.29. The molecule has 1 unspecified atom stereocenters. The van der Waals surface area contributed by atoms with E-state index in [0.29, 0.717) is 16.4 Å². The van der Waals surface area contributed by atoms with Gasteiger partial charge < -0.3 is 10.1 Å². The summed E-state index contributed by atoms with van der Waals surface area (Å²) in [5.74, 6) is -1.12. The van der Waals surface area contributed by atoms with Crippen molar-refractivity contribution in [1.82, 2.24) is 4.90 Å². The Kier molecular flexibility index (Phi) is 5.73. The van der Waals surface area contributed by atoms with Gasteiger partial charge in [0.05, 0.1) is 23.6 Å². The average Bonchev–Trinajstić information content (AvgIpc) is 2.82. The standard InChI is InChI=1S/C15H16N2O4S2/c1-3-11-13(19)17(15(22)23-11)8-12(18)16-10-7-5-4-6-9(10)14(20)21-2/h4-7,11H,3,8H2,1-2H3,(H,16,18). The zero-order chi connectivity index (χ0) is 17.0. The molecular formula is C15H16N2O4S2. The van der Waals surface area contributed by atoms with Crippen LogP contribution in [-0.4, -0.2) is 45.9 Å². The molecule has 1 N–H and O–H groups in total. The number of nitrogens with zero attached hydrogens (tertiary/aromatic N) is 1. The zero-order valence-corrected chi connectivity index (χ0v) is 14.3. The third-order valence-corrected chi connectivity index (χ3v) is 5.03. The quantitative estimate of drug-likeness (QED) is 0.646. The molecule has 8 heteroatoms. The van der Waals surface area contributed by atoms with Crippen LogP contribution in [0, 0.1) is 0 Å². The highest BCUT2D eigenvalue weighted by molar-refractivity contribution is 8.24. The molecule has 2 amide bonds. The molecule has 1 heterocycles. The number of para-hydroxylation sites is 1. The van der Waals surface area contributed by atoms with Crippen LogP contribution in [0.2, 0.25) is 0 Å². The summed E-state index contributed by atoms with van der Waals surface area (Å²) in [6.45, 7) is 1.73. The van der Waals surface area contributed by atoms with Gasteiger partial charge in [-0.15, -0.1) is 0 Å². The van der Waals surface area contributed by atoms with Gasteiger partial charge in [-0.05, 0) is 18.6 Å². The fourth-order valence-corrected chi connectivity index (χ4v) is 3.54. The number of carbonyl (C=O) groups is 3. The maximum Gasteiger partial charge on any atom is 0.339 e. The third kappa shape index (κ3) is 3.89. The highest BCUT2D eigenvalue weighted by Gasteiger charge is 2.36. The molecule has 0 bridgehead atoms. The molecule has 1 aromatic rings. The number of ether oxygens (including phenoxy) is 1. The molecule has 1 aliphatic rings. The Morgan fingerprint density at radius 2 is 2.09 bits per heavy atom. The van der Waals surface area contributed by atoms with Gasteiger partial charge in [-0.3, -0.25) is 14.5 Å². The molecular weight excluding hydrogens is 336 g/mol. The van der Waals surface area contributed by atoms with Gasteiger partial charge in [0.2, 0.25) is 11.8 Å². The van der Waals surface area contributed by atoms with Gasteiger partial charge in [0.15, 0.2) is 0 Å². The molecule has 23 heavy (non-hydrogen) atoms. The van der Waals surface area contributed by atoms with Crippen LogP contribution in [-0.2, 0) is 14.3 Å². The van der Waals surface area contributed by atoms with Crippen molar-refractivity contribution in [2.75, 3.05) is 19.0 Å². The largest absolute Gasteiger partial charge is 0.465 e. The normalized spacial score (nSPS) is 17.3. The second-order valence-electron chi connectivity index (χ2n) is 4.79. The van der Waals surface area contributed by atoms with E-state index in [1.54, 1.807) is 24.3 Å². The summed E-state index contributed by atoms with van der Waals surface area (Å²) in [5.41, 5.74) is 0.584. The van der Waals surface area contributed by atoms with Crippen molar-refractivity contribution in [1.29, 1.82) is 0 Å². The first-order chi connectivity index (χ1) is 11.0. The van der Waals surface area contributed by atoms with Crippen LogP contribution in [0.4, 0.5) is 5.69 Å². The number of methoxy groups -OCH3 is 1. The Balaban J connectivity index is 2.08. The lowest BCUT2D eigenvalue weighted by Crippen LogP contribution is -2.38. The van der Waals surface area contributed by atoms with Gasteiger partial charge >= 0.3 is 5.97 Å². The first kappa shape index (κ1) is 17.4. The zero-order valence-electron chi connectivity index (χ0n) is 12.7. The molecule has 0 aromatic heterocycles. The molecule has 1 fully saturated rings. The van der Waals surface area contributed by atoms with Crippen molar-refractivity contribution in [2.24, 2.45) is 0 Å². The first-order valence-electron chi connectivity index (χ1n) is 6.97. The molecule has 0 radical (unpaired) electrons. The maximum absolute atomic E-state index is 12.2. The van der Waals surface area contributed by atoms with Crippen LogP contribution < -0.4 is 5.32 Å². The Hall–Kier alpha value is -1.93. The molecule has 2 rings (SSSR count). The van der Waals surface area contributed by atoms with E-state index in [1.165, 1.54) is 23.8 Å². The summed E-state index contributed by atoms with van der Waals surface area (Å²) in [4.78, 5) is 37.3. The highest BCUT2D eigenvalue weighted by atomic mass is 32.2. The number of carbonyl (C=O) groups excluding carboxylic acids is 3. The van der Waals surface area contributed by atoms with Crippen molar-refractivity contribution in [3.8, 4) is 0 Å². The van der Waals surface area contributed by atoms with Crippen LogP contribution in [0.1, 0.15) is 23.7 Å². The van der Waals surface area contributed by atoms with E-state index in [2.05, 4.69) is 10.1 Å². The van der Waals surface area contributed by atoms with E-state index in [4.69, 9.17) is 12.2 Å². The van der Waals surface area contributed by atoms with Crippen molar-refractivity contribution in [3.05, 3.63) is 29.8 Å². The molecule has 1 aliphatic heterocycles. The van der Waals surface area contributed by atoms with E-state index in [9.17, 15) is 14.4 Å². The van der Waals surface area contributed by atoms with Crippen LogP contribution in [0.3, 0.4) is 0 Å². The molecule has 1 aromatic carbocycles. The molecule has 1 atom stereocenters. The summed E-state index contributed by atoms with van der Waals surface area (Å²) in [7, 11) is 1.27. The lowest BCUT2D eigenvalue weighted by molar-refractivity contribution is -0.129. The molecule has 1 saturated heterocycles. The first-order valence-corrected chi connectivity index (χ1v) is 8.25. The lowest BCUT2D eigenvalue weighted by atomic mass is 10.2. The van der Waals surface area contributed by atoms with Crippen molar-refractivity contribution in [3.63, 3.8) is 0 Å². The van der Waals surface area contributed by atoms with Crippen molar-refractivity contribution < 1.29 is 19.1 Å². The number of rotatable bonds is 5. The fraction of sp³-hybridized carbons (Fsp3) is 0.333. The van der Waals surface area contributed by atoms with E-state index >= 15 is 0 Å². The second kappa shape index (κ2) is 7.56. The smallest absolute Gasteiger partial charge is 0.339 e. The minimum absolute atomic E-state index is 0.154. The van der Waals surface area contributed by atoms with Crippen molar-refractivity contribution in [2.45, 2.75) is 18.6 Å². The van der Waals surface area contributed by atoms with Gasteiger partial charge in [-0.1, -0.05) is 43.0 Å². The molecule has 0 saturated carbocycles. The molecule has 122 valence electrons. The monoisotopic (exact) mass is 352 g/mol. The number of hydrogen-bond acceptors (Lipinski definition) is 6. The van der Waals surface area contributed by atoms with Crippen molar-refractivity contribution >= 4 is 51.8 Å². The number of anilines is 1. The van der Waals surface area contributed by atoms with Crippen LogP contribution in [0.5, 0.6) is 0 Å². The average molecular weight is 352 g/mol. The Morgan fingerprint density at radius 3 is 2.70 bits per heavy atom. The van der Waals surface area contributed by atoms with Gasteiger partial charge in [-0.2, -0.15) is 0 Å².